The first-order chi connectivity index (χ1) is 11.5. The highest BCUT2D eigenvalue weighted by atomic mass is 19.1. The van der Waals surface area contributed by atoms with Gasteiger partial charge in [0.05, 0.1) is 11.3 Å². The van der Waals surface area contributed by atoms with Gasteiger partial charge in [-0.2, -0.15) is 0 Å². The van der Waals surface area contributed by atoms with Crippen LogP contribution in [0, 0.1) is 11.6 Å². The maximum atomic E-state index is 15.2. The summed E-state index contributed by atoms with van der Waals surface area (Å²) in [5, 5.41) is 9.27. The highest BCUT2D eigenvalue weighted by Crippen LogP contribution is 2.43. The Labute approximate surface area is 138 Å². The number of carboxylic acid groups (broad SMARTS) is 1. The minimum absolute atomic E-state index is 0.0293. The first-order valence-electron chi connectivity index (χ1n) is 8.19. The molecule has 2 heterocycles. The summed E-state index contributed by atoms with van der Waals surface area (Å²) < 4.78 is 29.8. The topological polar surface area (TPSA) is 69.8 Å². The molecule has 1 atom stereocenters. The van der Waals surface area contributed by atoms with Gasteiger partial charge in [0.2, 0.25) is 0 Å². The molecule has 2 aliphatic heterocycles. The number of benzene rings is 1. The fourth-order valence-electron chi connectivity index (χ4n) is 3.60. The van der Waals surface area contributed by atoms with Gasteiger partial charge in [0, 0.05) is 37.8 Å². The van der Waals surface area contributed by atoms with E-state index in [0.717, 1.165) is 12.8 Å². The third kappa shape index (κ3) is 2.43. The quantitative estimate of drug-likeness (QED) is 0.884. The molecule has 3 aliphatic rings. The third-order valence-electron chi connectivity index (χ3n) is 4.94. The number of nitrogens with zero attached hydrogens (tertiary/aromatic N) is 2. The zero-order valence-electron chi connectivity index (χ0n) is 13.1. The summed E-state index contributed by atoms with van der Waals surface area (Å²) in [4.78, 5) is 14.7. The van der Waals surface area contributed by atoms with E-state index in [9.17, 15) is 14.3 Å². The van der Waals surface area contributed by atoms with Crippen LogP contribution in [-0.4, -0.2) is 36.2 Å². The van der Waals surface area contributed by atoms with E-state index >= 15 is 4.39 Å². The first-order valence-corrected chi connectivity index (χ1v) is 8.19. The maximum absolute atomic E-state index is 15.2. The van der Waals surface area contributed by atoms with Gasteiger partial charge in [-0.25, -0.2) is 13.6 Å². The Morgan fingerprint density at radius 1 is 1.25 bits per heavy atom. The second kappa shape index (κ2) is 5.44. The summed E-state index contributed by atoms with van der Waals surface area (Å²) in [7, 11) is 0. The molecule has 2 fully saturated rings. The normalized spacial score (nSPS) is 23.3. The molecule has 1 saturated carbocycles. The smallest absolute Gasteiger partial charge is 0.333 e. The van der Waals surface area contributed by atoms with Gasteiger partial charge in [-0.1, -0.05) is 0 Å². The van der Waals surface area contributed by atoms with Crippen molar-refractivity contribution in [2.45, 2.75) is 37.8 Å². The van der Waals surface area contributed by atoms with Crippen molar-refractivity contribution in [3.8, 4) is 0 Å². The van der Waals surface area contributed by atoms with Gasteiger partial charge in [0.15, 0.2) is 5.82 Å². The maximum Gasteiger partial charge on any atom is 0.333 e. The van der Waals surface area contributed by atoms with Crippen LogP contribution in [0.1, 0.15) is 24.8 Å². The van der Waals surface area contributed by atoms with Crippen molar-refractivity contribution in [1.82, 2.24) is 0 Å². The molecule has 5 nitrogen and oxygen atoms in total. The lowest BCUT2D eigenvalue weighted by Gasteiger charge is -2.31. The molecule has 1 unspecified atom stereocenters. The second-order valence-corrected chi connectivity index (χ2v) is 6.80. The average Bonchev–Trinajstić information content (AvgIpc) is 3.28. The SMILES string of the molecule is NC1CCN(c2c(F)cc3c(c2F)N(C2CC2)C=C(C(=O)O)C3)C1. The van der Waals surface area contributed by atoms with Crippen molar-refractivity contribution < 1.29 is 18.7 Å². The van der Waals surface area contributed by atoms with Crippen LogP contribution in [0.4, 0.5) is 20.2 Å². The third-order valence-corrected chi connectivity index (χ3v) is 4.94. The summed E-state index contributed by atoms with van der Waals surface area (Å²) >= 11 is 0. The van der Waals surface area contributed by atoms with Crippen LogP contribution in [0.15, 0.2) is 17.8 Å². The number of hydrogen-bond donors (Lipinski definition) is 2. The number of aliphatic carboxylic acids is 1. The number of carbonyl (C=O) groups is 1. The van der Waals surface area contributed by atoms with Crippen LogP contribution in [0.25, 0.3) is 0 Å². The Morgan fingerprint density at radius 2 is 2.00 bits per heavy atom. The molecule has 4 rings (SSSR count). The fourth-order valence-corrected chi connectivity index (χ4v) is 3.60. The van der Waals surface area contributed by atoms with E-state index in [1.54, 1.807) is 9.80 Å². The molecule has 1 aliphatic carbocycles. The van der Waals surface area contributed by atoms with Gasteiger partial charge < -0.3 is 20.6 Å². The minimum atomic E-state index is -1.05. The van der Waals surface area contributed by atoms with Crippen LogP contribution in [-0.2, 0) is 11.2 Å². The molecule has 24 heavy (non-hydrogen) atoms. The van der Waals surface area contributed by atoms with E-state index in [0.29, 0.717) is 30.8 Å². The van der Waals surface area contributed by atoms with Crippen LogP contribution >= 0.6 is 0 Å². The summed E-state index contributed by atoms with van der Waals surface area (Å²) in [5.41, 5.74) is 6.69. The Morgan fingerprint density at radius 3 is 2.58 bits per heavy atom. The van der Waals surface area contributed by atoms with Crippen molar-refractivity contribution >= 4 is 17.3 Å². The average molecular weight is 335 g/mol. The Bertz CT molecular complexity index is 746. The number of anilines is 2. The first kappa shape index (κ1) is 15.4. The summed E-state index contributed by atoms with van der Waals surface area (Å²) in [5.74, 6) is -2.31. The van der Waals surface area contributed by atoms with Gasteiger partial charge in [-0.3, -0.25) is 0 Å². The van der Waals surface area contributed by atoms with E-state index in [1.165, 1.54) is 12.3 Å². The standard InChI is InChI=1S/C17H19F2N3O2/c18-13-6-9-5-10(17(23)24)7-22(12-1-2-12)15(9)14(19)16(13)21-4-3-11(20)8-21/h6-7,11-12H,1-5,8,20H2,(H,23,24). The molecule has 0 amide bonds. The Kier molecular flexibility index (Phi) is 3.49. The van der Waals surface area contributed by atoms with Gasteiger partial charge in [-0.15, -0.1) is 0 Å². The Balaban J connectivity index is 1.81. The van der Waals surface area contributed by atoms with Crippen LogP contribution < -0.4 is 15.5 Å². The van der Waals surface area contributed by atoms with Crippen molar-refractivity contribution in [2.75, 3.05) is 22.9 Å². The van der Waals surface area contributed by atoms with Crippen LogP contribution in [0.5, 0.6) is 0 Å². The highest BCUT2D eigenvalue weighted by Gasteiger charge is 2.37. The van der Waals surface area contributed by atoms with E-state index in [-0.39, 0.29) is 29.8 Å². The van der Waals surface area contributed by atoms with Gasteiger partial charge >= 0.3 is 5.97 Å². The molecule has 0 radical (unpaired) electrons. The molecule has 1 aromatic carbocycles. The van der Waals surface area contributed by atoms with Gasteiger partial charge in [0.25, 0.3) is 0 Å². The van der Waals surface area contributed by atoms with Crippen molar-refractivity contribution in [1.29, 1.82) is 0 Å². The lowest BCUT2D eigenvalue weighted by Crippen LogP contribution is -2.31. The lowest BCUT2D eigenvalue weighted by molar-refractivity contribution is -0.132. The van der Waals surface area contributed by atoms with Crippen molar-refractivity contribution in [3.05, 3.63) is 35.0 Å². The molecule has 0 spiro atoms. The zero-order valence-corrected chi connectivity index (χ0v) is 13.1. The largest absolute Gasteiger partial charge is 0.478 e. The molecule has 7 heteroatoms. The number of hydrogen-bond acceptors (Lipinski definition) is 4. The molecular formula is C17H19F2N3O2. The van der Waals surface area contributed by atoms with Gasteiger partial charge in [0.1, 0.15) is 11.5 Å². The van der Waals surface area contributed by atoms with E-state index < -0.39 is 17.6 Å². The van der Waals surface area contributed by atoms with Crippen LogP contribution in [0.3, 0.4) is 0 Å². The highest BCUT2D eigenvalue weighted by molar-refractivity contribution is 5.90. The summed E-state index contributed by atoms with van der Waals surface area (Å²) in [6.07, 6.45) is 3.99. The lowest BCUT2D eigenvalue weighted by atomic mass is 9.97. The predicted molar refractivity (Wildman–Crippen MR) is 86.1 cm³/mol. The van der Waals surface area contributed by atoms with Crippen molar-refractivity contribution in [2.24, 2.45) is 5.73 Å². The number of nitrogens with two attached hydrogens (primary N) is 1. The predicted octanol–water partition coefficient (Wildman–Crippen LogP) is 2.00. The zero-order chi connectivity index (χ0) is 17.0. The number of fused-ring (bicyclic) bond motifs is 1. The minimum Gasteiger partial charge on any atom is -0.478 e. The number of carboxylic acids is 1. The molecule has 1 saturated heterocycles. The fraction of sp³-hybridized carbons (Fsp3) is 0.471. The molecular weight excluding hydrogens is 316 g/mol. The molecule has 128 valence electrons. The second-order valence-electron chi connectivity index (χ2n) is 6.80. The van der Waals surface area contributed by atoms with E-state index in [2.05, 4.69) is 0 Å². The van der Waals surface area contributed by atoms with Crippen LogP contribution in [0.2, 0.25) is 0 Å². The van der Waals surface area contributed by atoms with E-state index in [4.69, 9.17) is 5.73 Å². The Hall–Kier alpha value is -2.15. The number of rotatable bonds is 3. The molecule has 3 N–H and O–H groups in total. The molecule has 1 aromatic rings. The summed E-state index contributed by atoms with van der Waals surface area (Å²) in [6, 6.07) is 1.29. The number of halogens is 2. The van der Waals surface area contributed by atoms with Gasteiger partial charge in [-0.05, 0) is 30.9 Å². The molecule has 0 bridgehead atoms. The van der Waals surface area contributed by atoms with E-state index in [1.807, 2.05) is 0 Å². The monoisotopic (exact) mass is 335 g/mol. The van der Waals surface area contributed by atoms with Crippen molar-refractivity contribution in [3.63, 3.8) is 0 Å². The summed E-state index contributed by atoms with van der Waals surface area (Å²) in [6.45, 7) is 0.944. The molecule has 0 aromatic heterocycles.